The van der Waals surface area contributed by atoms with E-state index in [4.69, 9.17) is 5.73 Å². The van der Waals surface area contributed by atoms with Gasteiger partial charge in [0.25, 0.3) is 0 Å². The summed E-state index contributed by atoms with van der Waals surface area (Å²) in [5.41, 5.74) is 10.2. The van der Waals surface area contributed by atoms with Crippen LogP contribution in [0.4, 0.5) is 5.69 Å². The minimum atomic E-state index is 0.902. The highest BCUT2D eigenvalue weighted by atomic mass is 14.5. The normalized spacial score (nSPS) is 9.22. The lowest BCUT2D eigenvalue weighted by Gasteiger charge is -2.01. The summed E-state index contributed by atoms with van der Waals surface area (Å²) in [5, 5.41) is 0. The highest BCUT2D eigenvalue weighted by Crippen LogP contribution is 2.12. The summed E-state index contributed by atoms with van der Waals surface area (Å²) in [6.45, 7) is 7.78. The van der Waals surface area contributed by atoms with Crippen LogP contribution in [0.5, 0.6) is 0 Å². The topological polar surface area (TPSA) is 26.0 Å². The first kappa shape index (κ1) is 14.0. The fourth-order valence-corrected chi connectivity index (χ4v) is 1.50. The maximum Gasteiger partial charge on any atom is 0.0346 e. The predicted molar refractivity (Wildman–Crippen MR) is 81.5 cm³/mol. The van der Waals surface area contributed by atoms with Crippen LogP contribution in [0.2, 0.25) is 0 Å². The number of benzene rings is 2. The molecule has 1 nitrogen and oxygen atoms in total. The summed E-state index contributed by atoms with van der Waals surface area (Å²) in [6.07, 6.45) is 2.89. The molecule has 94 valence electrons. The van der Waals surface area contributed by atoms with E-state index in [1.165, 1.54) is 11.1 Å². The first-order valence-electron chi connectivity index (χ1n) is 6.19. The second-order valence-electron chi connectivity index (χ2n) is 4.16. The molecule has 0 amide bonds. The SMILES string of the molecule is C=Cc1ccccc1.CCc1ccc(C)c(N)c1. The number of rotatable bonds is 2. The Morgan fingerprint density at radius 2 is 1.78 bits per heavy atom. The molecular weight excluding hydrogens is 218 g/mol. The minimum absolute atomic E-state index is 0.902. The number of nitrogens with two attached hydrogens (primary N) is 1. The summed E-state index contributed by atoms with van der Waals surface area (Å²) in [7, 11) is 0. The van der Waals surface area contributed by atoms with Crippen molar-refractivity contribution in [2.24, 2.45) is 0 Å². The zero-order valence-corrected chi connectivity index (χ0v) is 11.2. The summed E-state index contributed by atoms with van der Waals surface area (Å²) >= 11 is 0. The Bertz CT molecular complexity index is 486. The van der Waals surface area contributed by atoms with E-state index in [0.717, 1.165) is 17.7 Å². The van der Waals surface area contributed by atoms with Crippen LogP contribution in [0, 0.1) is 6.92 Å². The van der Waals surface area contributed by atoms with Gasteiger partial charge in [-0.1, -0.05) is 62.0 Å². The third kappa shape index (κ3) is 4.46. The molecule has 0 heterocycles. The standard InChI is InChI=1S/C9H13N.C8H8/c1-3-8-5-4-7(2)9(10)6-8;1-2-8-6-4-3-5-7-8/h4-6H,3,10H2,1-2H3;2-7H,1H2. The quantitative estimate of drug-likeness (QED) is 0.769. The van der Waals surface area contributed by atoms with Gasteiger partial charge in [-0.25, -0.2) is 0 Å². The summed E-state index contributed by atoms with van der Waals surface area (Å²) in [6, 6.07) is 16.2. The molecular formula is C17H21N. The Morgan fingerprint density at radius 1 is 1.11 bits per heavy atom. The van der Waals surface area contributed by atoms with Crippen molar-refractivity contribution in [2.75, 3.05) is 5.73 Å². The molecule has 0 saturated carbocycles. The molecule has 0 aromatic heterocycles. The molecule has 18 heavy (non-hydrogen) atoms. The lowest BCUT2D eigenvalue weighted by Crippen LogP contribution is -1.90. The van der Waals surface area contributed by atoms with Crippen LogP contribution in [-0.4, -0.2) is 0 Å². The van der Waals surface area contributed by atoms with E-state index in [9.17, 15) is 0 Å². The lowest BCUT2D eigenvalue weighted by molar-refractivity contribution is 1.14. The van der Waals surface area contributed by atoms with Gasteiger partial charge in [-0.2, -0.15) is 0 Å². The van der Waals surface area contributed by atoms with E-state index in [0.29, 0.717) is 0 Å². The summed E-state index contributed by atoms with van der Waals surface area (Å²) < 4.78 is 0. The first-order chi connectivity index (χ1) is 8.67. The molecule has 2 rings (SSSR count). The molecule has 1 heteroatoms. The second kappa shape index (κ2) is 7.33. The maximum absolute atomic E-state index is 5.70. The van der Waals surface area contributed by atoms with E-state index in [1.54, 1.807) is 0 Å². The Hall–Kier alpha value is -2.02. The zero-order chi connectivity index (χ0) is 13.4. The van der Waals surface area contributed by atoms with Crippen LogP contribution in [0.15, 0.2) is 55.1 Å². The minimum Gasteiger partial charge on any atom is -0.399 e. The molecule has 0 atom stereocenters. The van der Waals surface area contributed by atoms with Crippen LogP contribution in [0.1, 0.15) is 23.6 Å². The van der Waals surface area contributed by atoms with Gasteiger partial charge in [0, 0.05) is 5.69 Å². The second-order valence-corrected chi connectivity index (χ2v) is 4.16. The average molecular weight is 239 g/mol. The molecule has 0 bridgehead atoms. The Labute approximate surface area is 110 Å². The van der Waals surface area contributed by atoms with Crippen molar-refractivity contribution in [3.63, 3.8) is 0 Å². The van der Waals surface area contributed by atoms with Crippen LogP contribution >= 0.6 is 0 Å². The third-order valence-electron chi connectivity index (χ3n) is 2.79. The smallest absolute Gasteiger partial charge is 0.0346 e. The molecule has 0 unspecified atom stereocenters. The van der Waals surface area contributed by atoms with Crippen molar-refractivity contribution in [3.8, 4) is 0 Å². The van der Waals surface area contributed by atoms with Gasteiger partial charge < -0.3 is 5.73 Å². The maximum atomic E-state index is 5.70. The largest absolute Gasteiger partial charge is 0.399 e. The number of hydrogen-bond acceptors (Lipinski definition) is 1. The summed E-state index contributed by atoms with van der Waals surface area (Å²) in [5.74, 6) is 0. The average Bonchev–Trinajstić information content (AvgIpc) is 2.43. The van der Waals surface area contributed by atoms with Gasteiger partial charge in [0.05, 0.1) is 0 Å². The van der Waals surface area contributed by atoms with Gasteiger partial charge in [-0.05, 0) is 36.1 Å². The lowest BCUT2D eigenvalue weighted by atomic mass is 10.1. The van der Waals surface area contributed by atoms with Gasteiger partial charge in [0.15, 0.2) is 0 Å². The van der Waals surface area contributed by atoms with Crippen LogP contribution < -0.4 is 5.73 Å². The van der Waals surface area contributed by atoms with Crippen molar-refractivity contribution < 1.29 is 0 Å². The molecule has 0 fully saturated rings. The summed E-state index contributed by atoms with van der Waals surface area (Å²) in [4.78, 5) is 0. The predicted octanol–water partition coefficient (Wildman–Crippen LogP) is 4.47. The van der Waals surface area contributed by atoms with E-state index in [1.807, 2.05) is 49.4 Å². The molecule has 0 aliphatic heterocycles. The van der Waals surface area contributed by atoms with Crippen LogP contribution in [0.25, 0.3) is 6.08 Å². The van der Waals surface area contributed by atoms with Gasteiger partial charge >= 0.3 is 0 Å². The van der Waals surface area contributed by atoms with Crippen LogP contribution in [-0.2, 0) is 6.42 Å². The van der Waals surface area contributed by atoms with Gasteiger partial charge in [0.2, 0.25) is 0 Å². The zero-order valence-electron chi connectivity index (χ0n) is 11.2. The monoisotopic (exact) mass is 239 g/mol. The van der Waals surface area contributed by atoms with E-state index in [-0.39, 0.29) is 0 Å². The van der Waals surface area contributed by atoms with E-state index < -0.39 is 0 Å². The van der Waals surface area contributed by atoms with E-state index >= 15 is 0 Å². The number of anilines is 1. The van der Waals surface area contributed by atoms with Crippen molar-refractivity contribution in [3.05, 3.63) is 71.8 Å². The molecule has 0 radical (unpaired) electrons. The molecule has 2 aromatic rings. The fraction of sp³-hybridized carbons (Fsp3) is 0.176. The Morgan fingerprint density at radius 3 is 2.22 bits per heavy atom. The number of hydrogen-bond donors (Lipinski definition) is 1. The van der Waals surface area contributed by atoms with E-state index in [2.05, 4.69) is 25.6 Å². The molecule has 2 aromatic carbocycles. The number of nitrogen functional groups attached to an aromatic ring is 1. The highest BCUT2D eigenvalue weighted by Gasteiger charge is 1.92. The molecule has 0 spiro atoms. The van der Waals surface area contributed by atoms with Crippen molar-refractivity contribution in [1.82, 2.24) is 0 Å². The Balaban J connectivity index is 0.000000184. The van der Waals surface area contributed by atoms with Crippen molar-refractivity contribution in [2.45, 2.75) is 20.3 Å². The Kier molecular flexibility index (Phi) is 5.72. The highest BCUT2D eigenvalue weighted by molar-refractivity contribution is 5.48. The molecule has 0 saturated heterocycles. The molecule has 0 aliphatic carbocycles. The van der Waals surface area contributed by atoms with Crippen molar-refractivity contribution in [1.29, 1.82) is 0 Å². The van der Waals surface area contributed by atoms with Crippen LogP contribution in [0.3, 0.4) is 0 Å². The third-order valence-corrected chi connectivity index (χ3v) is 2.79. The first-order valence-corrected chi connectivity index (χ1v) is 6.19. The molecule has 2 N–H and O–H groups in total. The van der Waals surface area contributed by atoms with Crippen molar-refractivity contribution >= 4 is 11.8 Å². The van der Waals surface area contributed by atoms with Gasteiger partial charge in [-0.15, -0.1) is 0 Å². The number of aryl methyl sites for hydroxylation is 2. The van der Waals surface area contributed by atoms with Gasteiger partial charge in [0.1, 0.15) is 0 Å². The molecule has 0 aliphatic rings. The van der Waals surface area contributed by atoms with Gasteiger partial charge in [-0.3, -0.25) is 0 Å². The fourth-order valence-electron chi connectivity index (χ4n) is 1.50.